The Kier molecular flexibility index (Phi) is 4.93. The van der Waals surface area contributed by atoms with Crippen LogP contribution in [0.15, 0.2) is 42.5 Å². The normalized spacial score (nSPS) is 14.8. The molecule has 0 bridgehead atoms. The van der Waals surface area contributed by atoms with Gasteiger partial charge in [-0.3, -0.25) is 9.59 Å². The molecule has 1 heterocycles. The number of halogens is 1. The summed E-state index contributed by atoms with van der Waals surface area (Å²) < 4.78 is 18.5. The zero-order valence-electron chi connectivity index (χ0n) is 14.8. The topological polar surface area (TPSA) is 67.4 Å². The van der Waals surface area contributed by atoms with Gasteiger partial charge < -0.3 is 15.4 Å². The fraction of sp³-hybridized carbons (Fsp3) is 0.300. The first kappa shape index (κ1) is 17.9. The van der Waals surface area contributed by atoms with Crippen molar-refractivity contribution in [2.24, 2.45) is 0 Å². The van der Waals surface area contributed by atoms with Crippen molar-refractivity contribution in [3.8, 4) is 5.75 Å². The van der Waals surface area contributed by atoms with E-state index in [0.717, 1.165) is 18.4 Å². The number of carbonyl (C=O) groups excluding carboxylic acids is 2. The SMILES string of the molecule is CC1(C)Oc2ccc(C(=O)NCCCc3ccc(F)cc3)cc2NC1=O. The maximum Gasteiger partial charge on any atom is 0.268 e. The largest absolute Gasteiger partial charge is 0.476 e. The van der Waals surface area contributed by atoms with Crippen LogP contribution in [0.5, 0.6) is 5.75 Å². The van der Waals surface area contributed by atoms with Crippen molar-refractivity contribution in [3.63, 3.8) is 0 Å². The summed E-state index contributed by atoms with van der Waals surface area (Å²) in [5, 5.41) is 5.61. The molecular weight excluding hydrogens is 335 g/mol. The minimum absolute atomic E-state index is 0.217. The fourth-order valence-electron chi connectivity index (χ4n) is 2.70. The summed E-state index contributed by atoms with van der Waals surface area (Å²) in [5.41, 5.74) is 1.04. The fourth-order valence-corrected chi connectivity index (χ4v) is 2.70. The Bertz CT molecular complexity index is 831. The smallest absolute Gasteiger partial charge is 0.268 e. The van der Waals surface area contributed by atoms with Crippen LogP contribution in [-0.2, 0) is 11.2 Å². The number of hydrogen-bond donors (Lipinski definition) is 2. The molecule has 6 heteroatoms. The van der Waals surface area contributed by atoms with E-state index in [-0.39, 0.29) is 17.6 Å². The number of amides is 2. The molecule has 0 aromatic heterocycles. The summed E-state index contributed by atoms with van der Waals surface area (Å²) in [6, 6.07) is 11.3. The number of aryl methyl sites for hydroxylation is 1. The Balaban J connectivity index is 1.55. The molecule has 2 amide bonds. The molecule has 3 rings (SSSR count). The van der Waals surface area contributed by atoms with E-state index in [0.29, 0.717) is 23.5 Å². The summed E-state index contributed by atoms with van der Waals surface area (Å²) >= 11 is 0. The highest BCUT2D eigenvalue weighted by atomic mass is 19.1. The zero-order chi connectivity index (χ0) is 18.7. The minimum Gasteiger partial charge on any atom is -0.476 e. The first-order valence-corrected chi connectivity index (χ1v) is 8.52. The number of fused-ring (bicyclic) bond motifs is 1. The van der Waals surface area contributed by atoms with E-state index in [1.165, 1.54) is 12.1 Å². The van der Waals surface area contributed by atoms with E-state index in [2.05, 4.69) is 10.6 Å². The Morgan fingerprint density at radius 3 is 2.65 bits per heavy atom. The van der Waals surface area contributed by atoms with Gasteiger partial charge in [-0.15, -0.1) is 0 Å². The molecule has 0 atom stereocenters. The van der Waals surface area contributed by atoms with Gasteiger partial charge in [0.1, 0.15) is 11.6 Å². The second-order valence-electron chi connectivity index (χ2n) is 6.76. The predicted octanol–water partition coefficient (Wildman–Crippen LogP) is 3.30. The molecule has 2 aromatic rings. The molecular formula is C20H21FN2O3. The van der Waals surface area contributed by atoms with Crippen molar-refractivity contribution in [2.45, 2.75) is 32.3 Å². The lowest BCUT2D eigenvalue weighted by atomic mass is 10.0. The molecule has 0 spiro atoms. The highest BCUT2D eigenvalue weighted by Gasteiger charge is 2.35. The molecule has 0 fully saturated rings. The third-order valence-electron chi connectivity index (χ3n) is 4.24. The van der Waals surface area contributed by atoms with Crippen LogP contribution in [0.25, 0.3) is 0 Å². The second kappa shape index (κ2) is 7.15. The highest BCUT2D eigenvalue weighted by Crippen LogP contribution is 2.34. The molecule has 0 unspecified atom stereocenters. The second-order valence-corrected chi connectivity index (χ2v) is 6.76. The van der Waals surface area contributed by atoms with E-state index >= 15 is 0 Å². The lowest BCUT2D eigenvalue weighted by Crippen LogP contribution is -2.45. The zero-order valence-corrected chi connectivity index (χ0v) is 14.8. The van der Waals surface area contributed by atoms with Crippen LogP contribution in [0, 0.1) is 5.82 Å². The van der Waals surface area contributed by atoms with Crippen LogP contribution in [0.3, 0.4) is 0 Å². The number of anilines is 1. The van der Waals surface area contributed by atoms with Crippen molar-refractivity contribution in [1.82, 2.24) is 5.32 Å². The molecule has 136 valence electrons. The highest BCUT2D eigenvalue weighted by molar-refractivity contribution is 6.02. The molecule has 5 nitrogen and oxygen atoms in total. The van der Waals surface area contributed by atoms with Gasteiger partial charge in [0.2, 0.25) is 0 Å². The third kappa shape index (κ3) is 4.02. The van der Waals surface area contributed by atoms with Gasteiger partial charge in [-0.25, -0.2) is 4.39 Å². The summed E-state index contributed by atoms with van der Waals surface area (Å²) in [6.45, 7) is 3.88. The number of nitrogens with one attached hydrogen (secondary N) is 2. The van der Waals surface area contributed by atoms with Crippen LogP contribution in [0.2, 0.25) is 0 Å². The Hall–Kier alpha value is -2.89. The first-order valence-electron chi connectivity index (χ1n) is 8.52. The Morgan fingerprint density at radius 1 is 1.19 bits per heavy atom. The predicted molar refractivity (Wildman–Crippen MR) is 96.8 cm³/mol. The van der Waals surface area contributed by atoms with E-state index in [1.807, 2.05) is 0 Å². The average molecular weight is 356 g/mol. The van der Waals surface area contributed by atoms with Crippen LogP contribution < -0.4 is 15.4 Å². The molecule has 26 heavy (non-hydrogen) atoms. The lowest BCUT2D eigenvalue weighted by Gasteiger charge is -2.31. The Morgan fingerprint density at radius 2 is 1.92 bits per heavy atom. The number of rotatable bonds is 5. The van der Waals surface area contributed by atoms with Gasteiger partial charge >= 0.3 is 0 Å². The molecule has 0 radical (unpaired) electrons. The van der Waals surface area contributed by atoms with Crippen molar-refractivity contribution in [1.29, 1.82) is 0 Å². The first-order chi connectivity index (χ1) is 12.3. The summed E-state index contributed by atoms with van der Waals surface area (Å²) in [6.07, 6.45) is 1.50. The molecule has 2 aromatic carbocycles. The lowest BCUT2D eigenvalue weighted by molar-refractivity contribution is -0.129. The summed E-state index contributed by atoms with van der Waals surface area (Å²) in [7, 11) is 0. The van der Waals surface area contributed by atoms with Crippen molar-refractivity contribution in [3.05, 3.63) is 59.4 Å². The number of hydrogen-bond acceptors (Lipinski definition) is 3. The van der Waals surface area contributed by atoms with Gasteiger partial charge in [0, 0.05) is 12.1 Å². The third-order valence-corrected chi connectivity index (χ3v) is 4.24. The van der Waals surface area contributed by atoms with E-state index < -0.39 is 5.60 Å². The Labute approximate surface area is 151 Å². The van der Waals surface area contributed by atoms with Crippen LogP contribution in [0.4, 0.5) is 10.1 Å². The van der Waals surface area contributed by atoms with Gasteiger partial charge in [0.05, 0.1) is 5.69 Å². The molecule has 1 aliphatic heterocycles. The van der Waals surface area contributed by atoms with E-state index in [1.54, 1.807) is 44.2 Å². The summed E-state index contributed by atoms with van der Waals surface area (Å²) in [5.74, 6) is -0.177. The molecule has 1 aliphatic rings. The van der Waals surface area contributed by atoms with Crippen LogP contribution >= 0.6 is 0 Å². The van der Waals surface area contributed by atoms with Gasteiger partial charge in [-0.05, 0) is 62.6 Å². The quantitative estimate of drug-likeness (QED) is 0.808. The standard InChI is InChI=1S/C20H21FN2O3/c1-20(2)19(25)23-16-12-14(7-10-17(16)26-20)18(24)22-11-3-4-13-5-8-15(21)9-6-13/h5-10,12H,3-4,11H2,1-2H3,(H,22,24)(H,23,25). The monoisotopic (exact) mass is 356 g/mol. The molecule has 0 aliphatic carbocycles. The molecule has 0 saturated heterocycles. The van der Waals surface area contributed by atoms with Crippen molar-refractivity contribution in [2.75, 3.05) is 11.9 Å². The van der Waals surface area contributed by atoms with E-state index in [4.69, 9.17) is 4.74 Å². The maximum atomic E-state index is 12.9. The van der Waals surface area contributed by atoms with Gasteiger partial charge in [0.25, 0.3) is 11.8 Å². The number of benzene rings is 2. The van der Waals surface area contributed by atoms with Gasteiger partial charge in [-0.1, -0.05) is 12.1 Å². The molecule has 0 saturated carbocycles. The van der Waals surface area contributed by atoms with Gasteiger partial charge in [0.15, 0.2) is 5.60 Å². The maximum absolute atomic E-state index is 12.9. The van der Waals surface area contributed by atoms with Gasteiger partial charge in [-0.2, -0.15) is 0 Å². The van der Waals surface area contributed by atoms with E-state index in [9.17, 15) is 14.0 Å². The van der Waals surface area contributed by atoms with Crippen molar-refractivity contribution < 1.29 is 18.7 Å². The van der Waals surface area contributed by atoms with Crippen LogP contribution in [-0.4, -0.2) is 24.0 Å². The number of carbonyl (C=O) groups is 2. The molecule has 2 N–H and O–H groups in total. The number of ether oxygens (including phenoxy) is 1. The average Bonchev–Trinajstić information content (AvgIpc) is 2.60. The minimum atomic E-state index is -0.933. The van der Waals surface area contributed by atoms with Crippen molar-refractivity contribution >= 4 is 17.5 Å². The summed E-state index contributed by atoms with van der Waals surface area (Å²) in [4.78, 5) is 24.2. The van der Waals surface area contributed by atoms with Crippen LogP contribution in [0.1, 0.15) is 36.2 Å².